The van der Waals surface area contributed by atoms with Crippen molar-refractivity contribution in [2.45, 2.75) is 38.8 Å². The number of pyridine rings is 1. The van der Waals surface area contributed by atoms with Gasteiger partial charge in [-0.05, 0) is 43.7 Å². The van der Waals surface area contributed by atoms with E-state index in [2.05, 4.69) is 20.5 Å². The molecular weight excluding hydrogens is 348 g/mol. The molecule has 1 aliphatic heterocycles. The molecule has 6 nitrogen and oxygen atoms in total. The Hall–Kier alpha value is -2.41. The van der Waals surface area contributed by atoms with Crippen LogP contribution in [-0.4, -0.2) is 35.9 Å². The Kier molecular flexibility index (Phi) is 6.22. The minimum absolute atomic E-state index is 0.205. The van der Waals surface area contributed by atoms with Gasteiger partial charge in [0.15, 0.2) is 0 Å². The molecule has 138 valence electrons. The highest BCUT2D eigenvalue weighted by molar-refractivity contribution is 7.12. The molecule has 3 heterocycles. The van der Waals surface area contributed by atoms with Crippen LogP contribution < -0.4 is 15.5 Å². The number of aromatic nitrogens is 1. The standard InChI is InChI=1S/C19H24N4O2S/c1-14(22-19(25)16-8-6-12-26-16)18(24)21-13-15-7-5-9-20-17(15)23-10-3-2-4-11-23/h5-9,12,14H,2-4,10-11,13H2,1H3,(H,21,24)(H,22,25)/t14-/m1/s1. The molecule has 7 heteroatoms. The molecule has 1 saturated heterocycles. The lowest BCUT2D eigenvalue weighted by molar-refractivity contribution is -0.122. The van der Waals surface area contributed by atoms with Gasteiger partial charge in [-0.2, -0.15) is 0 Å². The number of anilines is 1. The minimum atomic E-state index is -0.597. The van der Waals surface area contributed by atoms with Gasteiger partial charge in [-0.15, -0.1) is 11.3 Å². The quantitative estimate of drug-likeness (QED) is 0.817. The van der Waals surface area contributed by atoms with Crippen molar-refractivity contribution >= 4 is 29.0 Å². The fraction of sp³-hybridized carbons (Fsp3) is 0.421. The summed E-state index contributed by atoms with van der Waals surface area (Å²) in [5.74, 6) is 0.518. The summed E-state index contributed by atoms with van der Waals surface area (Å²) in [4.78, 5) is 31.8. The molecule has 2 aromatic rings. The maximum Gasteiger partial charge on any atom is 0.261 e. The zero-order chi connectivity index (χ0) is 18.4. The second-order valence-electron chi connectivity index (χ2n) is 6.42. The molecule has 1 fully saturated rings. The Labute approximate surface area is 157 Å². The lowest BCUT2D eigenvalue weighted by Crippen LogP contribution is -2.44. The van der Waals surface area contributed by atoms with E-state index in [9.17, 15) is 9.59 Å². The molecule has 1 aliphatic rings. The van der Waals surface area contributed by atoms with Gasteiger partial charge in [-0.25, -0.2) is 4.98 Å². The normalized spacial score (nSPS) is 15.3. The van der Waals surface area contributed by atoms with Crippen molar-refractivity contribution in [1.82, 2.24) is 15.6 Å². The number of rotatable bonds is 6. The third-order valence-electron chi connectivity index (χ3n) is 4.46. The van der Waals surface area contributed by atoms with Gasteiger partial charge in [0.1, 0.15) is 11.9 Å². The van der Waals surface area contributed by atoms with Crippen molar-refractivity contribution in [2.24, 2.45) is 0 Å². The van der Waals surface area contributed by atoms with Crippen LogP contribution in [0, 0.1) is 0 Å². The molecule has 26 heavy (non-hydrogen) atoms. The topological polar surface area (TPSA) is 74.3 Å². The zero-order valence-corrected chi connectivity index (χ0v) is 15.7. The molecule has 0 unspecified atom stereocenters. The minimum Gasteiger partial charge on any atom is -0.356 e. The summed E-state index contributed by atoms with van der Waals surface area (Å²) < 4.78 is 0. The summed E-state index contributed by atoms with van der Waals surface area (Å²) in [5.41, 5.74) is 1.000. The van der Waals surface area contributed by atoms with Crippen LogP contribution >= 0.6 is 11.3 Å². The molecule has 0 aliphatic carbocycles. The van der Waals surface area contributed by atoms with Gasteiger partial charge >= 0.3 is 0 Å². The molecule has 0 radical (unpaired) electrons. The van der Waals surface area contributed by atoms with Crippen LogP contribution in [0.3, 0.4) is 0 Å². The van der Waals surface area contributed by atoms with Crippen molar-refractivity contribution in [3.8, 4) is 0 Å². The van der Waals surface area contributed by atoms with Gasteiger partial charge in [-0.3, -0.25) is 9.59 Å². The van der Waals surface area contributed by atoms with Crippen LogP contribution in [0.15, 0.2) is 35.8 Å². The number of nitrogens with zero attached hydrogens (tertiary/aromatic N) is 2. The first kappa shape index (κ1) is 18.4. The summed E-state index contributed by atoms with van der Waals surface area (Å²) in [6.07, 6.45) is 5.40. The molecule has 1 atom stereocenters. The molecule has 2 aromatic heterocycles. The van der Waals surface area contributed by atoms with E-state index in [0.717, 1.165) is 24.5 Å². The monoisotopic (exact) mass is 372 g/mol. The molecule has 0 spiro atoms. The smallest absolute Gasteiger partial charge is 0.261 e. The van der Waals surface area contributed by atoms with E-state index in [0.29, 0.717) is 11.4 Å². The predicted molar refractivity (Wildman–Crippen MR) is 103 cm³/mol. The van der Waals surface area contributed by atoms with E-state index in [-0.39, 0.29) is 11.8 Å². The fourth-order valence-electron chi connectivity index (χ4n) is 3.04. The van der Waals surface area contributed by atoms with Crippen LogP contribution in [0.1, 0.15) is 41.4 Å². The number of amides is 2. The SMILES string of the molecule is C[C@@H](NC(=O)c1cccs1)C(=O)NCc1cccnc1N1CCCCC1. The summed E-state index contributed by atoms with van der Waals surface area (Å²) in [6, 6.07) is 6.84. The number of carbonyl (C=O) groups excluding carboxylic acids is 2. The molecular formula is C19H24N4O2S. The van der Waals surface area contributed by atoms with Gasteiger partial charge in [0.25, 0.3) is 5.91 Å². The van der Waals surface area contributed by atoms with Crippen molar-refractivity contribution in [1.29, 1.82) is 0 Å². The molecule has 2 N–H and O–H groups in total. The number of piperidine rings is 1. The van der Waals surface area contributed by atoms with Crippen molar-refractivity contribution in [3.05, 3.63) is 46.3 Å². The fourth-order valence-corrected chi connectivity index (χ4v) is 3.66. The molecule has 0 bridgehead atoms. The third kappa shape index (κ3) is 4.60. The lowest BCUT2D eigenvalue weighted by atomic mass is 10.1. The Morgan fingerprint density at radius 2 is 2.04 bits per heavy atom. The van der Waals surface area contributed by atoms with Crippen molar-refractivity contribution < 1.29 is 9.59 Å². The van der Waals surface area contributed by atoms with Gasteiger partial charge in [0.2, 0.25) is 5.91 Å². The van der Waals surface area contributed by atoms with Gasteiger partial charge < -0.3 is 15.5 Å². The first-order chi connectivity index (χ1) is 12.6. The molecule has 0 aromatic carbocycles. The Morgan fingerprint density at radius 1 is 1.23 bits per heavy atom. The zero-order valence-electron chi connectivity index (χ0n) is 14.9. The highest BCUT2D eigenvalue weighted by atomic mass is 32.1. The Balaban J connectivity index is 1.56. The van der Waals surface area contributed by atoms with Crippen LogP contribution in [-0.2, 0) is 11.3 Å². The summed E-state index contributed by atoms with van der Waals surface area (Å²) in [6.45, 7) is 4.10. The van der Waals surface area contributed by atoms with Crippen molar-refractivity contribution in [3.63, 3.8) is 0 Å². The van der Waals surface area contributed by atoms with Gasteiger partial charge in [-0.1, -0.05) is 12.1 Å². The first-order valence-corrected chi connectivity index (χ1v) is 9.84. The van der Waals surface area contributed by atoms with E-state index in [1.807, 2.05) is 23.6 Å². The Morgan fingerprint density at radius 3 is 2.77 bits per heavy atom. The average molecular weight is 372 g/mol. The number of hydrogen-bond donors (Lipinski definition) is 2. The van der Waals surface area contributed by atoms with Crippen LogP contribution in [0.2, 0.25) is 0 Å². The summed E-state index contributed by atoms with van der Waals surface area (Å²) >= 11 is 1.36. The molecule has 0 saturated carbocycles. The van der Waals surface area contributed by atoms with Gasteiger partial charge in [0.05, 0.1) is 4.88 Å². The maximum absolute atomic E-state index is 12.4. The molecule has 3 rings (SSSR count). The highest BCUT2D eigenvalue weighted by Crippen LogP contribution is 2.21. The first-order valence-electron chi connectivity index (χ1n) is 8.96. The third-order valence-corrected chi connectivity index (χ3v) is 5.33. The van der Waals surface area contributed by atoms with Gasteiger partial charge in [0, 0.05) is 31.4 Å². The van der Waals surface area contributed by atoms with E-state index in [1.165, 1.54) is 30.6 Å². The van der Waals surface area contributed by atoms with Crippen LogP contribution in [0.5, 0.6) is 0 Å². The predicted octanol–water partition coefficient (Wildman–Crippen LogP) is 2.57. The number of nitrogens with one attached hydrogen (secondary N) is 2. The van der Waals surface area contributed by atoms with E-state index < -0.39 is 6.04 Å². The largest absolute Gasteiger partial charge is 0.356 e. The summed E-state index contributed by atoms with van der Waals surface area (Å²) in [5, 5.41) is 7.48. The second kappa shape index (κ2) is 8.80. The van der Waals surface area contributed by atoms with E-state index >= 15 is 0 Å². The van der Waals surface area contributed by atoms with E-state index in [1.54, 1.807) is 19.2 Å². The maximum atomic E-state index is 12.4. The second-order valence-corrected chi connectivity index (χ2v) is 7.37. The molecule has 2 amide bonds. The lowest BCUT2D eigenvalue weighted by Gasteiger charge is -2.29. The van der Waals surface area contributed by atoms with Crippen LogP contribution in [0.4, 0.5) is 5.82 Å². The number of carbonyl (C=O) groups is 2. The van der Waals surface area contributed by atoms with Crippen molar-refractivity contribution in [2.75, 3.05) is 18.0 Å². The number of thiophene rings is 1. The van der Waals surface area contributed by atoms with Crippen LogP contribution in [0.25, 0.3) is 0 Å². The average Bonchev–Trinajstić information content (AvgIpc) is 3.22. The Bertz CT molecular complexity index is 742. The van der Waals surface area contributed by atoms with E-state index in [4.69, 9.17) is 0 Å². The summed E-state index contributed by atoms with van der Waals surface area (Å²) in [7, 11) is 0. The highest BCUT2D eigenvalue weighted by Gasteiger charge is 2.19. The number of hydrogen-bond acceptors (Lipinski definition) is 5.